The first-order valence-corrected chi connectivity index (χ1v) is 9.70. The fourth-order valence-corrected chi connectivity index (χ4v) is 3.89. The number of aromatic nitrogens is 5. The van der Waals surface area contributed by atoms with Crippen molar-refractivity contribution in [3.8, 4) is 28.0 Å². The minimum atomic E-state index is -0.315. The summed E-state index contributed by atoms with van der Waals surface area (Å²) < 4.78 is 24.5. The van der Waals surface area contributed by atoms with Crippen molar-refractivity contribution in [1.29, 1.82) is 0 Å². The summed E-state index contributed by atoms with van der Waals surface area (Å²) in [6.45, 7) is 2.77. The van der Waals surface area contributed by atoms with E-state index in [0.29, 0.717) is 22.5 Å². The number of benzene rings is 2. The molecule has 7 heteroatoms. The molecule has 0 radical (unpaired) electrons. The summed E-state index contributed by atoms with van der Waals surface area (Å²) in [5.74, 6) is 0.304. The Morgan fingerprint density at radius 1 is 1.07 bits per heavy atom. The Kier molecular flexibility index (Phi) is 4.24. The van der Waals surface area contributed by atoms with Crippen molar-refractivity contribution in [1.82, 2.24) is 24.3 Å². The summed E-state index contributed by atoms with van der Waals surface area (Å²) in [7, 11) is 3.57. The molecule has 0 aliphatic heterocycles. The van der Waals surface area contributed by atoms with Crippen LogP contribution < -0.4 is 4.74 Å². The zero-order valence-corrected chi connectivity index (χ0v) is 16.9. The van der Waals surface area contributed by atoms with Crippen molar-refractivity contribution in [2.24, 2.45) is 7.05 Å². The number of methoxy groups -OCH3 is 1. The van der Waals surface area contributed by atoms with Gasteiger partial charge < -0.3 is 13.9 Å². The van der Waals surface area contributed by atoms with Crippen LogP contribution in [-0.4, -0.2) is 31.4 Å². The maximum atomic E-state index is 15.0. The molecular weight excluding hydrogens is 381 g/mol. The lowest BCUT2D eigenvalue weighted by Crippen LogP contribution is -1.96. The number of nitrogens with zero attached hydrogens (tertiary/aromatic N) is 5. The van der Waals surface area contributed by atoms with Crippen LogP contribution in [0.1, 0.15) is 6.92 Å². The molecule has 30 heavy (non-hydrogen) atoms. The first kappa shape index (κ1) is 18.3. The molecule has 0 unspecified atom stereocenters. The molecule has 3 heterocycles. The number of imidazole rings is 1. The van der Waals surface area contributed by atoms with Crippen LogP contribution in [0.5, 0.6) is 5.75 Å². The Morgan fingerprint density at radius 3 is 2.73 bits per heavy atom. The number of halogens is 1. The predicted octanol–water partition coefficient (Wildman–Crippen LogP) is 4.82. The van der Waals surface area contributed by atoms with Crippen molar-refractivity contribution < 1.29 is 9.13 Å². The number of fused-ring (bicyclic) bond motifs is 2. The highest BCUT2D eigenvalue weighted by Gasteiger charge is 2.17. The summed E-state index contributed by atoms with van der Waals surface area (Å²) in [4.78, 5) is 4.51. The molecule has 5 aromatic rings. The van der Waals surface area contributed by atoms with Crippen LogP contribution in [0.3, 0.4) is 0 Å². The molecule has 0 aliphatic carbocycles. The van der Waals surface area contributed by atoms with Crippen molar-refractivity contribution in [2.75, 3.05) is 7.11 Å². The Morgan fingerprint density at radius 2 is 1.93 bits per heavy atom. The minimum absolute atomic E-state index is 0.315. The van der Waals surface area contributed by atoms with Gasteiger partial charge in [0, 0.05) is 47.9 Å². The number of hydrogen-bond donors (Lipinski definition) is 0. The molecule has 5 rings (SSSR count). The van der Waals surface area contributed by atoms with Gasteiger partial charge in [0.25, 0.3) is 0 Å². The number of ether oxygens (including phenoxy) is 1. The minimum Gasteiger partial charge on any atom is -0.496 e. The van der Waals surface area contributed by atoms with Crippen molar-refractivity contribution in [3.05, 3.63) is 60.9 Å². The molecule has 0 saturated heterocycles. The third kappa shape index (κ3) is 2.74. The van der Waals surface area contributed by atoms with Gasteiger partial charge in [0.15, 0.2) is 5.65 Å². The Labute approximate surface area is 172 Å². The number of hydrogen-bond acceptors (Lipinski definition) is 4. The molecule has 0 fully saturated rings. The molecule has 0 atom stereocenters. The van der Waals surface area contributed by atoms with E-state index in [1.165, 1.54) is 6.07 Å². The summed E-state index contributed by atoms with van der Waals surface area (Å²) in [6.07, 6.45) is 5.40. The average Bonchev–Trinajstić information content (AvgIpc) is 3.36. The number of rotatable bonds is 4. The van der Waals surface area contributed by atoms with Gasteiger partial charge in [-0.05, 0) is 36.8 Å². The van der Waals surface area contributed by atoms with Gasteiger partial charge in [0.05, 0.1) is 25.2 Å². The van der Waals surface area contributed by atoms with Crippen LogP contribution in [-0.2, 0) is 13.6 Å². The molecule has 0 amide bonds. The normalized spacial score (nSPS) is 11.5. The molecule has 0 spiro atoms. The summed E-state index contributed by atoms with van der Waals surface area (Å²) in [6, 6.07) is 10.9. The lowest BCUT2D eigenvalue weighted by Gasteiger charge is -2.13. The third-order valence-electron chi connectivity index (χ3n) is 5.52. The zero-order valence-electron chi connectivity index (χ0n) is 16.9. The van der Waals surface area contributed by atoms with E-state index >= 15 is 0 Å². The number of aryl methyl sites for hydroxylation is 2. The Balaban J connectivity index is 1.72. The van der Waals surface area contributed by atoms with Crippen LogP contribution in [0.25, 0.3) is 44.3 Å². The molecule has 3 aromatic heterocycles. The van der Waals surface area contributed by atoms with Crippen LogP contribution in [0, 0.1) is 5.82 Å². The van der Waals surface area contributed by atoms with Gasteiger partial charge in [0.2, 0.25) is 0 Å². The van der Waals surface area contributed by atoms with Gasteiger partial charge in [-0.2, -0.15) is 5.10 Å². The zero-order chi connectivity index (χ0) is 20.8. The van der Waals surface area contributed by atoms with E-state index in [4.69, 9.17) is 4.74 Å². The SMILES string of the molecule is CCn1cnc2c(-c3ccc(F)c(-c4cc5ccn(C)c5cc4OC)c3)cnnc21. The highest BCUT2D eigenvalue weighted by atomic mass is 19.1. The molecule has 0 aliphatic rings. The van der Waals surface area contributed by atoms with Gasteiger partial charge in [-0.3, -0.25) is 0 Å². The summed E-state index contributed by atoms with van der Waals surface area (Å²) in [5, 5.41) is 9.38. The van der Waals surface area contributed by atoms with E-state index in [-0.39, 0.29) is 5.82 Å². The average molecular weight is 401 g/mol. The highest BCUT2D eigenvalue weighted by Crippen LogP contribution is 2.38. The van der Waals surface area contributed by atoms with E-state index in [9.17, 15) is 4.39 Å². The van der Waals surface area contributed by atoms with Crippen LogP contribution in [0.4, 0.5) is 4.39 Å². The molecule has 150 valence electrons. The Bertz CT molecular complexity index is 1400. The van der Waals surface area contributed by atoms with Crippen LogP contribution >= 0.6 is 0 Å². The lowest BCUT2D eigenvalue weighted by molar-refractivity contribution is 0.416. The molecule has 2 aromatic carbocycles. The fraction of sp³-hybridized carbons (Fsp3) is 0.174. The van der Waals surface area contributed by atoms with Gasteiger partial charge >= 0.3 is 0 Å². The third-order valence-corrected chi connectivity index (χ3v) is 5.52. The topological polar surface area (TPSA) is 57.8 Å². The van der Waals surface area contributed by atoms with E-state index in [1.54, 1.807) is 25.7 Å². The molecular formula is C23H20FN5O. The van der Waals surface area contributed by atoms with Gasteiger partial charge in [-0.25, -0.2) is 9.37 Å². The monoisotopic (exact) mass is 401 g/mol. The Hall–Kier alpha value is -3.74. The first-order chi connectivity index (χ1) is 14.6. The molecule has 6 nitrogen and oxygen atoms in total. The van der Waals surface area contributed by atoms with Crippen LogP contribution in [0.2, 0.25) is 0 Å². The quantitative estimate of drug-likeness (QED) is 0.433. The van der Waals surface area contributed by atoms with Crippen molar-refractivity contribution in [2.45, 2.75) is 13.5 Å². The van der Waals surface area contributed by atoms with Crippen molar-refractivity contribution >= 4 is 22.1 Å². The largest absolute Gasteiger partial charge is 0.496 e. The van der Waals surface area contributed by atoms with Crippen molar-refractivity contribution in [3.63, 3.8) is 0 Å². The van der Waals surface area contributed by atoms with Gasteiger partial charge in [-0.15, -0.1) is 5.10 Å². The second-order valence-corrected chi connectivity index (χ2v) is 7.19. The second kappa shape index (κ2) is 6.95. The summed E-state index contributed by atoms with van der Waals surface area (Å²) in [5.41, 5.74) is 5.29. The predicted molar refractivity (Wildman–Crippen MR) is 115 cm³/mol. The van der Waals surface area contributed by atoms with E-state index < -0.39 is 0 Å². The van der Waals surface area contributed by atoms with Gasteiger partial charge in [-0.1, -0.05) is 6.07 Å². The van der Waals surface area contributed by atoms with E-state index in [2.05, 4.69) is 15.2 Å². The lowest BCUT2D eigenvalue weighted by atomic mass is 9.97. The molecule has 0 saturated carbocycles. The van der Waals surface area contributed by atoms with E-state index in [1.807, 2.05) is 53.6 Å². The fourth-order valence-electron chi connectivity index (χ4n) is 3.89. The van der Waals surface area contributed by atoms with Gasteiger partial charge in [0.1, 0.15) is 17.1 Å². The maximum Gasteiger partial charge on any atom is 0.183 e. The van der Waals surface area contributed by atoms with E-state index in [0.717, 1.165) is 34.1 Å². The standard InChI is InChI=1S/C23H20FN5O/c1-4-29-13-25-22-18(12-26-27-23(22)29)14-5-6-19(24)16(9-14)17-10-15-7-8-28(2)20(15)11-21(17)30-3/h5-13H,4H2,1-3H3. The summed E-state index contributed by atoms with van der Waals surface area (Å²) >= 11 is 0. The maximum absolute atomic E-state index is 15.0. The van der Waals surface area contributed by atoms with Crippen LogP contribution in [0.15, 0.2) is 55.1 Å². The molecule has 0 bridgehead atoms. The highest BCUT2D eigenvalue weighted by molar-refractivity contribution is 5.93. The smallest absolute Gasteiger partial charge is 0.183 e. The molecule has 0 N–H and O–H groups in total. The first-order valence-electron chi connectivity index (χ1n) is 9.70. The second-order valence-electron chi connectivity index (χ2n) is 7.19.